The Balaban J connectivity index is 1.87. The highest BCUT2D eigenvalue weighted by Crippen LogP contribution is 2.22. The van der Waals surface area contributed by atoms with Gasteiger partial charge in [-0.15, -0.1) is 22.0 Å². The summed E-state index contributed by atoms with van der Waals surface area (Å²) in [6, 6.07) is 8.18. The van der Waals surface area contributed by atoms with Crippen LogP contribution < -0.4 is 5.32 Å². The number of hydrogen-bond acceptors (Lipinski definition) is 5. The molecule has 5 heteroatoms. The van der Waals surface area contributed by atoms with Gasteiger partial charge in [0.25, 0.3) is 0 Å². The standard InChI is InChI=1S/C15H21N3OS/c1-3-10-16-11-4-5-14-17-18-15(19-14)12-6-8-13(20-2)9-7-12/h6-9,16H,3-5,10-11H2,1-2H3. The molecule has 0 fully saturated rings. The van der Waals surface area contributed by atoms with E-state index in [1.54, 1.807) is 11.8 Å². The Morgan fingerprint density at radius 2 is 1.95 bits per heavy atom. The second-order valence-corrected chi connectivity index (χ2v) is 5.46. The molecule has 0 saturated carbocycles. The zero-order chi connectivity index (χ0) is 14.2. The van der Waals surface area contributed by atoms with Gasteiger partial charge in [-0.25, -0.2) is 0 Å². The van der Waals surface area contributed by atoms with Crippen molar-refractivity contribution in [3.63, 3.8) is 0 Å². The number of benzene rings is 1. The van der Waals surface area contributed by atoms with Crippen molar-refractivity contribution in [3.05, 3.63) is 30.2 Å². The van der Waals surface area contributed by atoms with Gasteiger partial charge in [0.2, 0.25) is 11.8 Å². The highest BCUT2D eigenvalue weighted by atomic mass is 32.2. The lowest BCUT2D eigenvalue weighted by molar-refractivity contribution is 0.491. The molecule has 0 aliphatic heterocycles. The van der Waals surface area contributed by atoms with Gasteiger partial charge in [-0.05, 0) is 56.5 Å². The monoisotopic (exact) mass is 291 g/mol. The number of nitrogens with one attached hydrogen (secondary N) is 1. The van der Waals surface area contributed by atoms with Crippen molar-refractivity contribution in [2.75, 3.05) is 19.3 Å². The molecule has 2 aromatic rings. The minimum Gasteiger partial charge on any atom is -0.421 e. The van der Waals surface area contributed by atoms with Crippen molar-refractivity contribution in [1.82, 2.24) is 15.5 Å². The Morgan fingerprint density at radius 3 is 2.65 bits per heavy atom. The SMILES string of the molecule is CCCNCCCc1nnc(-c2ccc(SC)cc2)o1. The average Bonchev–Trinajstić information content (AvgIpc) is 2.96. The van der Waals surface area contributed by atoms with Gasteiger partial charge in [0.05, 0.1) is 0 Å². The van der Waals surface area contributed by atoms with Crippen LogP contribution in [0.15, 0.2) is 33.6 Å². The lowest BCUT2D eigenvalue weighted by atomic mass is 10.2. The van der Waals surface area contributed by atoms with Gasteiger partial charge in [0.1, 0.15) is 0 Å². The second-order valence-electron chi connectivity index (χ2n) is 4.58. The maximum absolute atomic E-state index is 5.69. The first-order valence-corrected chi connectivity index (χ1v) is 8.23. The molecule has 1 aromatic carbocycles. The van der Waals surface area contributed by atoms with Crippen molar-refractivity contribution in [2.45, 2.75) is 31.1 Å². The molecule has 20 heavy (non-hydrogen) atoms. The first-order valence-electron chi connectivity index (χ1n) is 7.01. The van der Waals surface area contributed by atoms with E-state index in [2.05, 4.69) is 40.8 Å². The highest BCUT2D eigenvalue weighted by molar-refractivity contribution is 7.98. The van der Waals surface area contributed by atoms with Gasteiger partial charge >= 0.3 is 0 Å². The van der Waals surface area contributed by atoms with Crippen LogP contribution in [0.4, 0.5) is 0 Å². The van der Waals surface area contributed by atoms with E-state index in [0.29, 0.717) is 11.8 Å². The van der Waals surface area contributed by atoms with Gasteiger partial charge < -0.3 is 9.73 Å². The summed E-state index contributed by atoms with van der Waals surface area (Å²) in [5, 5.41) is 11.6. The van der Waals surface area contributed by atoms with E-state index in [-0.39, 0.29) is 0 Å². The van der Waals surface area contributed by atoms with Crippen LogP contribution in [0.1, 0.15) is 25.7 Å². The van der Waals surface area contributed by atoms with E-state index in [4.69, 9.17) is 4.42 Å². The molecule has 1 N–H and O–H groups in total. The normalized spacial score (nSPS) is 10.9. The Morgan fingerprint density at radius 1 is 1.15 bits per heavy atom. The van der Waals surface area contributed by atoms with E-state index in [1.165, 1.54) is 4.90 Å². The van der Waals surface area contributed by atoms with Crippen molar-refractivity contribution in [2.24, 2.45) is 0 Å². The molecule has 4 nitrogen and oxygen atoms in total. The molecule has 0 aliphatic rings. The maximum Gasteiger partial charge on any atom is 0.247 e. The van der Waals surface area contributed by atoms with E-state index in [0.717, 1.165) is 37.9 Å². The van der Waals surface area contributed by atoms with Gasteiger partial charge in [-0.2, -0.15) is 0 Å². The summed E-state index contributed by atoms with van der Waals surface area (Å²) in [4.78, 5) is 1.23. The molecule has 0 unspecified atom stereocenters. The number of aryl methyl sites for hydroxylation is 1. The van der Waals surface area contributed by atoms with Gasteiger partial charge in [0.15, 0.2) is 0 Å². The minimum absolute atomic E-state index is 0.606. The van der Waals surface area contributed by atoms with Gasteiger partial charge in [0, 0.05) is 16.9 Å². The third kappa shape index (κ3) is 4.35. The maximum atomic E-state index is 5.69. The summed E-state index contributed by atoms with van der Waals surface area (Å²) in [5.74, 6) is 1.32. The fraction of sp³-hybridized carbons (Fsp3) is 0.467. The molecule has 0 bridgehead atoms. The van der Waals surface area contributed by atoms with E-state index in [9.17, 15) is 0 Å². The fourth-order valence-electron chi connectivity index (χ4n) is 1.87. The third-order valence-electron chi connectivity index (χ3n) is 2.97. The predicted octanol–water partition coefficient (Wildman–Crippen LogP) is 3.39. The Hall–Kier alpha value is -1.33. The first kappa shape index (κ1) is 15.1. The topological polar surface area (TPSA) is 51.0 Å². The van der Waals surface area contributed by atoms with Crippen molar-refractivity contribution in [3.8, 4) is 11.5 Å². The van der Waals surface area contributed by atoms with Crippen LogP contribution in [-0.2, 0) is 6.42 Å². The van der Waals surface area contributed by atoms with Crippen LogP contribution in [0.3, 0.4) is 0 Å². The molecule has 1 heterocycles. The molecule has 2 rings (SSSR count). The van der Waals surface area contributed by atoms with Crippen LogP contribution >= 0.6 is 11.8 Å². The van der Waals surface area contributed by atoms with Gasteiger partial charge in [-0.1, -0.05) is 6.92 Å². The first-order chi connectivity index (χ1) is 9.83. The van der Waals surface area contributed by atoms with Crippen LogP contribution in [-0.4, -0.2) is 29.5 Å². The number of rotatable bonds is 8. The van der Waals surface area contributed by atoms with Crippen molar-refractivity contribution >= 4 is 11.8 Å². The molecular weight excluding hydrogens is 270 g/mol. The molecular formula is C15H21N3OS. The molecule has 0 atom stereocenters. The summed E-state index contributed by atoms with van der Waals surface area (Å²) in [7, 11) is 0. The summed E-state index contributed by atoms with van der Waals surface area (Å²) >= 11 is 1.72. The van der Waals surface area contributed by atoms with Crippen molar-refractivity contribution < 1.29 is 4.42 Å². The lowest BCUT2D eigenvalue weighted by Crippen LogP contribution is -2.16. The minimum atomic E-state index is 0.606. The molecule has 0 aliphatic carbocycles. The molecule has 0 spiro atoms. The van der Waals surface area contributed by atoms with Crippen LogP contribution in [0, 0.1) is 0 Å². The fourth-order valence-corrected chi connectivity index (χ4v) is 2.28. The van der Waals surface area contributed by atoms with E-state index in [1.807, 2.05) is 12.1 Å². The largest absolute Gasteiger partial charge is 0.421 e. The quantitative estimate of drug-likeness (QED) is 0.597. The Kier molecular flexibility index (Phi) is 6.08. The summed E-state index contributed by atoms with van der Waals surface area (Å²) in [6.07, 6.45) is 5.07. The summed E-state index contributed by atoms with van der Waals surface area (Å²) < 4.78 is 5.69. The lowest BCUT2D eigenvalue weighted by Gasteiger charge is -2.00. The molecule has 0 saturated heterocycles. The molecule has 0 amide bonds. The van der Waals surface area contributed by atoms with Crippen LogP contribution in [0.2, 0.25) is 0 Å². The van der Waals surface area contributed by atoms with Gasteiger partial charge in [-0.3, -0.25) is 0 Å². The third-order valence-corrected chi connectivity index (χ3v) is 3.72. The smallest absolute Gasteiger partial charge is 0.247 e. The van der Waals surface area contributed by atoms with E-state index >= 15 is 0 Å². The number of nitrogens with zero attached hydrogens (tertiary/aromatic N) is 2. The zero-order valence-corrected chi connectivity index (χ0v) is 12.9. The van der Waals surface area contributed by atoms with Crippen molar-refractivity contribution in [1.29, 1.82) is 0 Å². The second kappa shape index (κ2) is 8.07. The van der Waals surface area contributed by atoms with Crippen LogP contribution in [0.5, 0.6) is 0 Å². The van der Waals surface area contributed by atoms with Crippen LogP contribution in [0.25, 0.3) is 11.5 Å². The Bertz CT molecular complexity index is 510. The number of hydrogen-bond donors (Lipinski definition) is 1. The number of aromatic nitrogens is 2. The summed E-state index contributed by atoms with van der Waals surface area (Å²) in [6.45, 7) is 4.23. The predicted molar refractivity (Wildman–Crippen MR) is 83.0 cm³/mol. The average molecular weight is 291 g/mol. The highest BCUT2D eigenvalue weighted by Gasteiger charge is 2.08. The zero-order valence-electron chi connectivity index (χ0n) is 12.1. The molecule has 108 valence electrons. The Labute approximate surface area is 124 Å². The summed E-state index contributed by atoms with van der Waals surface area (Å²) in [5.41, 5.74) is 0.977. The number of thioether (sulfide) groups is 1. The molecule has 1 aromatic heterocycles. The van der Waals surface area contributed by atoms with E-state index < -0.39 is 0 Å². The molecule has 0 radical (unpaired) electrons.